The average molecular weight is 228 g/mol. The first-order chi connectivity index (χ1) is 7.08. The molecule has 0 aliphatic rings. The number of rotatable bonds is 1. The standard InChI is InChI=1S/C9H10ClN3O2/c1-6(14)12-13-9(15)11-8-4-2-7(10)3-5-8/h2-5H,1H3,(H,12,14)(H2,11,13,15). The summed E-state index contributed by atoms with van der Waals surface area (Å²) < 4.78 is 0. The van der Waals surface area contributed by atoms with Crippen LogP contribution in [0, 0.1) is 0 Å². The van der Waals surface area contributed by atoms with Crippen molar-refractivity contribution in [2.75, 3.05) is 5.32 Å². The Hall–Kier alpha value is -1.75. The summed E-state index contributed by atoms with van der Waals surface area (Å²) in [6.07, 6.45) is 0. The molecule has 1 aromatic rings. The van der Waals surface area contributed by atoms with Crippen LogP contribution < -0.4 is 16.2 Å². The van der Waals surface area contributed by atoms with Crippen molar-refractivity contribution in [2.45, 2.75) is 6.92 Å². The third kappa shape index (κ3) is 4.33. The fourth-order valence-corrected chi connectivity index (χ4v) is 0.966. The molecule has 1 aromatic carbocycles. The molecule has 0 heterocycles. The molecule has 0 atom stereocenters. The number of urea groups is 1. The van der Waals surface area contributed by atoms with E-state index in [-0.39, 0.29) is 5.91 Å². The zero-order valence-electron chi connectivity index (χ0n) is 8.00. The molecule has 0 aromatic heterocycles. The molecule has 0 saturated carbocycles. The van der Waals surface area contributed by atoms with Crippen LogP contribution in [0.4, 0.5) is 10.5 Å². The lowest BCUT2D eigenvalue weighted by atomic mass is 10.3. The molecule has 0 fully saturated rings. The lowest BCUT2D eigenvalue weighted by Gasteiger charge is -2.07. The summed E-state index contributed by atoms with van der Waals surface area (Å²) in [7, 11) is 0. The summed E-state index contributed by atoms with van der Waals surface area (Å²) in [5.41, 5.74) is 4.90. The molecular weight excluding hydrogens is 218 g/mol. The van der Waals surface area contributed by atoms with Crippen molar-refractivity contribution in [2.24, 2.45) is 0 Å². The Morgan fingerprint density at radius 3 is 2.27 bits per heavy atom. The number of hydrazine groups is 1. The molecule has 0 aliphatic carbocycles. The highest BCUT2D eigenvalue weighted by Gasteiger charge is 2.00. The summed E-state index contributed by atoms with van der Waals surface area (Å²) >= 11 is 5.67. The quantitative estimate of drug-likeness (QED) is 0.637. The summed E-state index contributed by atoms with van der Waals surface area (Å²) in [6, 6.07) is 6.07. The smallest absolute Gasteiger partial charge is 0.307 e. The van der Waals surface area contributed by atoms with E-state index in [0.717, 1.165) is 0 Å². The molecule has 6 heteroatoms. The normalized spacial score (nSPS) is 9.20. The molecule has 0 unspecified atom stereocenters. The Balaban J connectivity index is 2.44. The van der Waals surface area contributed by atoms with Crippen molar-refractivity contribution in [3.63, 3.8) is 0 Å². The number of anilines is 1. The van der Waals surface area contributed by atoms with Crippen molar-refractivity contribution in [1.29, 1.82) is 0 Å². The van der Waals surface area contributed by atoms with Gasteiger partial charge in [-0.3, -0.25) is 10.2 Å². The van der Waals surface area contributed by atoms with Crippen LogP contribution in [0.25, 0.3) is 0 Å². The summed E-state index contributed by atoms with van der Waals surface area (Å²) in [5, 5.41) is 3.09. The van der Waals surface area contributed by atoms with Gasteiger partial charge in [0, 0.05) is 17.6 Å². The predicted molar refractivity (Wildman–Crippen MR) is 57.4 cm³/mol. The van der Waals surface area contributed by atoms with E-state index < -0.39 is 6.03 Å². The van der Waals surface area contributed by atoms with Crippen molar-refractivity contribution in [3.05, 3.63) is 29.3 Å². The van der Waals surface area contributed by atoms with Gasteiger partial charge in [-0.2, -0.15) is 0 Å². The van der Waals surface area contributed by atoms with Crippen LogP contribution >= 0.6 is 11.6 Å². The number of benzene rings is 1. The van der Waals surface area contributed by atoms with Crippen LogP contribution in [0.1, 0.15) is 6.92 Å². The van der Waals surface area contributed by atoms with Gasteiger partial charge in [0.25, 0.3) is 0 Å². The Labute approximate surface area is 91.8 Å². The van der Waals surface area contributed by atoms with Crippen LogP contribution in [-0.2, 0) is 4.79 Å². The molecule has 3 N–H and O–H groups in total. The summed E-state index contributed by atoms with van der Waals surface area (Å²) in [4.78, 5) is 21.6. The molecule has 15 heavy (non-hydrogen) atoms. The number of carbonyl (C=O) groups excluding carboxylic acids is 2. The molecule has 80 valence electrons. The van der Waals surface area contributed by atoms with Crippen LogP contribution in [0.5, 0.6) is 0 Å². The number of hydrogen-bond acceptors (Lipinski definition) is 2. The van der Waals surface area contributed by atoms with Gasteiger partial charge in [-0.25, -0.2) is 10.2 Å². The highest BCUT2D eigenvalue weighted by atomic mass is 35.5. The summed E-state index contributed by atoms with van der Waals surface area (Å²) in [6.45, 7) is 1.29. The molecule has 1 rings (SSSR count). The molecule has 0 bridgehead atoms. The van der Waals surface area contributed by atoms with E-state index in [9.17, 15) is 9.59 Å². The van der Waals surface area contributed by atoms with Gasteiger partial charge >= 0.3 is 6.03 Å². The van der Waals surface area contributed by atoms with E-state index in [1.807, 2.05) is 0 Å². The van der Waals surface area contributed by atoms with Gasteiger partial charge in [0.05, 0.1) is 0 Å². The molecule has 5 nitrogen and oxygen atoms in total. The molecule has 0 radical (unpaired) electrons. The van der Waals surface area contributed by atoms with Gasteiger partial charge in [0.15, 0.2) is 0 Å². The number of carbonyl (C=O) groups is 2. The monoisotopic (exact) mass is 227 g/mol. The van der Waals surface area contributed by atoms with Crippen molar-refractivity contribution < 1.29 is 9.59 Å². The maximum absolute atomic E-state index is 11.1. The highest BCUT2D eigenvalue weighted by Crippen LogP contribution is 2.12. The van der Waals surface area contributed by atoms with Gasteiger partial charge in [0.1, 0.15) is 0 Å². The predicted octanol–water partition coefficient (Wildman–Crippen LogP) is 1.51. The molecule has 0 saturated heterocycles. The second-order valence-electron chi connectivity index (χ2n) is 2.77. The molecule has 0 aliphatic heterocycles. The second kappa shape index (κ2) is 5.21. The Kier molecular flexibility index (Phi) is 3.93. The van der Waals surface area contributed by atoms with Gasteiger partial charge in [-0.1, -0.05) is 11.6 Å². The fraction of sp³-hybridized carbons (Fsp3) is 0.111. The summed E-state index contributed by atoms with van der Waals surface area (Å²) in [5.74, 6) is -0.346. The maximum Gasteiger partial charge on any atom is 0.337 e. The average Bonchev–Trinajstić information content (AvgIpc) is 2.19. The minimum atomic E-state index is -0.521. The fourth-order valence-electron chi connectivity index (χ4n) is 0.840. The SMILES string of the molecule is CC(=O)NNC(=O)Nc1ccc(Cl)cc1. The van der Waals surface area contributed by atoms with E-state index in [0.29, 0.717) is 10.7 Å². The molecular formula is C9H10ClN3O2. The minimum Gasteiger partial charge on any atom is -0.307 e. The van der Waals surface area contributed by atoms with E-state index in [4.69, 9.17) is 11.6 Å². The number of halogens is 1. The lowest BCUT2D eigenvalue weighted by molar-refractivity contribution is -0.119. The topological polar surface area (TPSA) is 70.2 Å². The van der Waals surface area contributed by atoms with E-state index in [1.165, 1.54) is 6.92 Å². The minimum absolute atomic E-state index is 0.346. The van der Waals surface area contributed by atoms with Gasteiger partial charge in [-0.05, 0) is 24.3 Å². The van der Waals surface area contributed by atoms with Crippen LogP contribution in [0.2, 0.25) is 5.02 Å². The second-order valence-corrected chi connectivity index (χ2v) is 3.20. The lowest BCUT2D eigenvalue weighted by Crippen LogP contribution is -2.42. The van der Waals surface area contributed by atoms with E-state index >= 15 is 0 Å². The van der Waals surface area contributed by atoms with Crippen LogP contribution in [-0.4, -0.2) is 11.9 Å². The molecule has 0 spiro atoms. The zero-order valence-corrected chi connectivity index (χ0v) is 8.76. The van der Waals surface area contributed by atoms with Crippen molar-refractivity contribution in [1.82, 2.24) is 10.9 Å². The molecule has 3 amide bonds. The first kappa shape index (κ1) is 11.3. The van der Waals surface area contributed by atoms with E-state index in [2.05, 4.69) is 16.2 Å². The Morgan fingerprint density at radius 1 is 1.13 bits per heavy atom. The van der Waals surface area contributed by atoms with E-state index in [1.54, 1.807) is 24.3 Å². The first-order valence-electron chi connectivity index (χ1n) is 4.17. The third-order valence-corrected chi connectivity index (χ3v) is 1.71. The third-order valence-electron chi connectivity index (χ3n) is 1.45. The zero-order chi connectivity index (χ0) is 11.3. The maximum atomic E-state index is 11.1. The first-order valence-corrected chi connectivity index (χ1v) is 4.55. The van der Waals surface area contributed by atoms with Crippen molar-refractivity contribution in [3.8, 4) is 0 Å². The van der Waals surface area contributed by atoms with Crippen molar-refractivity contribution >= 4 is 29.2 Å². The number of nitrogens with one attached hydrogen (secondary N) is 3. The van der Waals surface area contributed by atoms with Gasteiger partial charge in [-0.15, -0.1) is 0 Å². The highest BCUT2D eigenvalue weighted by molar-refractivity contribution is 6.30. The Morgan fingerprint density at radius 2 is 1.73 bits per heavy atom. The Bertz CT molecular complexity index is 364. The van der Waals surface area contributed by atoms with Gasteiger partial charge in [0.2, 0.25) is 5.91 Å². The number of hydrogen-bond donors (Lipinski definition) is 3. The van der Waals surface area contributed by atoms with Gasteiger partial charge < -0.3 is 5.32 Å². The largest absolute Gasteiger partial charge is 0.337 e. The van der Waals surface area contributed by atoms with Crippen LogP contribution in [0.3, 0.4) is 0 Å². The van der Waals surface area contributed by atoms with Crippen LogP contribution in [0.15, 0.2) is 24.3 Å². The number of amides is 3.